The first kappa shape index (κ1) is 14.7. The number of amides is 1. The van der Waals surface area contributed by atoms with Crippen molar-refractivity contribution in [3.63, 3.8) is 0 Å². The molecular formula is C11H8ClIN4O3. The minimum absolute atomic E-state index is 0.0846. The first-order valence-electron chi connectivity index (χ1n) is 5.33. The molecule has 1 heterocycles. The molecule has 2 rings (SSSR count). The molecule has 0 spiro atoms. The van der Waals surface area contributed by atoms with Crippen LogP contribution in [0.15, 0.2) is 24.4 Å². The molecule has 1 amide bonds. The van der Waals surface area contributed by atoms with Crippen LogP contribution in [0.3, 0.4) is 0 Å². The van der Waals surface area contributed by atoms with Crippen LogP contribution in [-0.2, 0) is 7.05 Å². The van der Waals surface area contributed by atoms with Crippen LogP contribution in [0.2, 0.25) is 5.02 Å². The lowest BCUT2D eigenvalue weighted by Gasteiger charge is -2.07. The summed E-state index contributed by atoms with van der Waals surface area (Å²) >= 11 is 7.68. The highest BCUT2D eigenvalue weighted by molar-refractivity contribution is 14.1. The molecule has 1 aromatic heterocycles. The van der Waals surface area contributed by atoms with E-state index in [0.717, 1.165) is 0 Å². The van der Waals surface area contributed by atoms with Crippen LogP contribution in [0.25, 0.3) is 0 Å². The minimum Gasteiger partial charge on any atom is -0.315 e. The Bertz CT molecular complexity index is 681. The molecule has 104 valence electrons. The lowest BCUT2D eigenvalue weighted by molar-refractivity contribution is -0.383. The standard InChI is InChI=1S/C11H8ClIN4O3/c1-16-10(7(13)5-14-16)11(18)15-8-3-2-6(12)4-9(8)17(19)20/h2-5H,1H3,(H,15,18). The molecule has 0 aliphatic heterocycles. The van der Waals surface area contributed by atoms with Crippen LogP contribution in [-0.4, -0.2) is 20.6 Å². The number of aromatic nitrogens is 2. The first-order chi connectivity index (χ1) is 9.40. The SMILES string of the molecule is Cn1ncc(I)c1C(=O)Nc1ccc(Cl)cc1[N+](=O)[O-]. The number of benzene rings is 1. The number of rotatable bonds is 3. The van der Waals surface area contributed by atoms with Gasteiger partial charge in [-0.05, 0) is 34.7 Å². The van der Waals surface area contributed by atoms with Gasteiger partial charge in [-0.25, -0.2) is 0 Å². The number of nitro benzene ring substituents is 1. The molecule has 0 saturated carbocycles. The fourth-order valence-corrected chi connectivity index (χ4v) is 2.49. The van der Waals surface area contributed by atoms with Crippen LogP contribution >= 0.6 is 34.2 Å². The fraction of sp³-hybridized carbons (Fsp3) is 0.0909. The van der Waals surface area contributed by atoms with Gasteiger partial charge in [0.2, 0.25) is 0 Å². The van der Waals surface area contributed by atoms with E-state index >= 15 is 0 Å². The second-order valence-corrected chi connectivity index (χ2v) is 5.44. The van der Waals surface area contributed by atoms with Crippen LogP contribution in [0.1, 0.15) is 10.5 Å². The highest BCUT2D eigenvalue weighted by Crippen LogP contribution is 2.28. The van der Waals surface area contributed by atoms with Gasteiger partial charge in [0.15, 0.2) is 0 Å². The number of aryl methyl sites for hydroxylation is 1. The summed E-state index contributed by atoms with van der Waals surface area (Å²) in [5.41, 5.74) is 0.152. The van der Waals surface area contributed by atoms with Crippen LogP contribution in [0.4, 0.5) is 11.4 Å². The quantitative estimate of drug-likeness (QED) is 0.482. The van der Waals surface area contributed by atoms with E-state index in [1.165, 1.54) is 29.1 Å². The predicted molar refractivity (Wildman–Crippen MR) is 82.0 cm³/mol. The van der Waals surface area contributed by atoms with Gasteiger partial charge < -0.3 is 5.32 Å². The monoisotopic (exact) mass is 406 g/mol. The largest absolute Gasteiger partial charge is 0.315 e. The van der Waals surface area contributed by atoms with Gasteiger partial charge in [0.1, 0.15) is 11.4 Å². The highest BCUT2D eigenvalue weighted by atomic mass is 127. The molecule has 0 atom stereocenters. The first-order valence-corrected chi connectivity index (χ1v) is 6.78. The normalized spacial score (nSPS) is 10.3. The third kappa shape index (κ3) is 2.90. The Morgan fingerprint density at radius 1 is 1.55 bits per heavy atom. The van der Waals surface area contributed by atoms with Crippen LogP contribution < -0.4 is 5.32 Å². The molecule has 0 aliphatic carbocycles. The topological polar surface area (TPSA) is 90.1 Å². The third-order valence-corrected chi connectivity index (χ3v) is 3.54. The summed E-state index contributed by atoms with van der Waals surface area (Å²) in [4.78, 5) is 22.5. The number of carbonyl (C=O) groups is 1. The van der Waals surface area contributed by atoms with E-state index in [1.54, 1.807) is 7.05 Å². The Balaban J connectivity index is 2.36. The number of nitrogens with one attached hydrogen (secondary N) is 1. The number of hydrogen-bond acceptors (Lipinski definition) is 4. The Labute approximate surface area is 132 Å². The zero-order valence-corrected chi connectivity index (χ0v) is 13.0. The average Bonchev–Trinajstić information content (AvgIpc) is 2.71. The summed E-state index contributed by atoms with van der Waals surface area (Å²) in [6.07, 6.45) is 1.53. The van der Waals surface area contributed by atoms with Crippen molar-refractivity contribution in [2.24, 2.45) is 7.05 Å². The van der Waals surface area contributed by atoms with Crippen molar-refractivity contribution < 1.29 is 9.72 Å². The Kier molecular flexibility index (Phi) is 4.23. The smallest absolute Gasteiger partial charge is 0.294 e. The summed E-state index contributed by atoms with van der Waals surface area (Å²) in [5.74, 6) is -0.472. The second-order valence-electron chi connectivity index (χ2n) is 3.84. The van der Waals surface area contributed by atoms with Gasteiger partial charge in [-0.15, -0.1) is 0 Å². The van der Waals surface area contributed by atoms with E-state index in [2.05, 4.69) is 10.4 Å². The lowest BCUT2D eigenvalue weighted by atomic mass is 10.2. The fourth-order valence-electron chi connectivity index (χ4n) is 1.61. The van der Waals surface area contributed by atoms with Gasteiger partial charge in [-0.2, -0.15) is 5.10 Å². The van der Waals surface area contributed by atoms with Crippen LogP contribution in [0.5, 0.6) is 0 Å². The van der Waals surface area contributed by atoms with E-state index in [1.807, 2.05) is 22.6 Å². The molecule has 0 radical (unpaired) electrons. The van der Waals surface area contributed by atoms with Gasteiger partial charge >= 0.3 is 0 Å². The van der Waals surface area contributed by atoms with E-state index in [4.69, 9.17) is 11.6 Å². The van der Waals surface area contributed by atoms with Gasteiger partial charge in [-0.1, -0.05) is 11.6 Å². The Morgan fingerprint density at radius 2 is 2.25 bits per heavy atom. The lowest BCUT2D eigenvalue weighted by Crippen LogP contribution is -2.18. The number of anilines is 1. The van der Waals surface area contributed by atoms with Gasteiger partial charge in [-0.3, -0.25) is 19.6 Å². The summed E-state index contributed by atoms with van der Waals surface area (Å²) in [6.45, 7) is 0. The summed E-state index contributed by atoms with van der Waals surface area (Å²) in [5, 5.41) is 17.6. The van der Waals surface area contributed by atoms with Gasteiger partial charge in [0.25, 0.3) is 11.6 Å². The molecule has 0 aliphatic rings. The zero-order valence-electron chi connectivity index (χ0n) is 10.1. The van der Waals surface area contributed by atoms with Crippen molar-refractivity contribution >= 4 is 51.5 Å². The van der Waals surface area contributed by atoms with Crippen molar-refractivity contribution in [1.82, 2.24) is 9.78 Å². The van der Waals surface area contributed by atoms with Crippen molar-refractivity contribution in [2.45, 2.75) is 0 Å². The third-order valence-electron chi connectivity index (χ3n) is 2.51. The molecule has 0 unspecified atom stereocenters. The maximum atomic E-state index is 12.1. The molecular weight excluding hydrogens is 399 g/mol. The van der Waals surface area contributed by atoms with Crippen molar-refractivity contribution in [2.75, 3.05) is 5.32 Å². The predicted octanol–water partition coefficient (Wildman–Crippen LogP) is 2.84. The molecule has 1 N–H and O–H groups in total. The molecule has 0 bridgehead atoms. The maximum Gasteiger partial charge on any atom is 0.294 e. The number of hydrogen-bond donors (Lipinski definition) is 1. The Hall–Kier alpha value is -1.68. The molecule has 0 fully saturated rings. The van der Waals surface area contributed by atoms with Crippen molar-refractivity contribution in [3.05, 3.63) is 48.8 Å². The number of nitrogens with zero attached hydrogens (tertiary/aromatic N) is 3. The van der Waals surface area contributed by atoms with Crippen LogP contribution in [0, 0.1) is 13.7 Å². The highest BCUT2D eigenvalue weighted by Gasteiger charge is 2.20. The van der Waals surface area contributed by atoms with Gasteiger partial charge in [0.05, 0.1) is 14.7 Å². The molecule has 2 aromatic rings. The zero-order chi connectivity index (χ0) is 14.9. The van der Waals surface area contributed by atoms with E-state index in [0.29, 0.717) is 9.26 Å². The number of carbonyl (C=O) groups excluding carboxylic acids is 1. The van der Waals surface area contributed by atoms with E-state index < -0.39 is 10.8 Å². The van der Waals surface area contributed by atoms with E-state index in [-0.39, 0.29) is 16.4 Å². The van der Waals surface area contributed by atoms with Gasteiger partial charge in [0, 0.05) is 18.1 Å². The molecule has 1 aromatic carbocycles. The van der Waals surface area contributed by atoms with Crippen molar-refractivity contribution in [3.8, 4) is 0 Å². The van der Waals surface area contributed by atoms with E-state index in [9.17, 15) is 14.9 Å². The number of halogens is 2. The molecule has 9 heteroatoms. The molecule has 0 saturated heterocycles. The number of nitro groups is 1. The second kappa shape index (κ2) is 5.75. The van der Waals surface area contributed by atoms with Crippen molar-refractivity contribution in [1.29, 1.82) is 0 Å². The maximum absolute atomic E-state index is 12.1. The molecule has 7 nitrogen and oxygen atoms in total. The summed E-state index contributed by atoms with van der Waals surface area (Å²) in [7, 11) is 1.62. The summed E-state index contributed by atoms with van der Waals surface area (Å²) < 4.78 is 2.05. The summed E-state index contributed by atoms with van der Waals surface area (Å²) in [6, 6.07) is 4.05. The molecule has 20 heavy (non-hydrogen) atoms. The Morgan fingerprint density at radius 3 is 2.80 bits per heavy atom. The average molecular weight is 407 g/mol. The minimum atomic E-state index is -0.601.